The van der Waals surface area contributed by atoms with Gasteiger partial charge in [-0.1, -0.05) is 6.04 Å². The van der Waals surface area contributed by atoms with Gasteiger partial charge in [-0.15, -0.1) is 0 Å². The van der Waals surface area contributed by atoms with Crippen molar-refractivity contribution in [3.63, 3.8) is 0 Å². The topological polar surface area (TPSA) is 56.3 Å². The third-order valence-corrected chi connectivity index (χ3v) is 1.84. The molecule has 68 valence electrons. The van der Waals surface area contributed by atoms with Gasteiger partial charge < -0.3 is 0 Å². The fraction of sp³-hybridized carbons (Fsp3) is 0.0909. The molecule has 0 heterocycles. The van der Waals surface area contributed by atoms with Crippen molar-refractivity contribution < 1.29 is 1.37 Å². The summed E-state index contributed by atoms with van der Waals surface area (Å²) in [6, 6.07) is 3.38. The summed E-state index contributed by atoms with van der Waals surface area (Å²) in [6.07, 6.45) is 0. The normalized spacial score (nSPS) is 9.00. The SMILES string of the molecule is [2H]c1c(C)c(C#N)c(C#N)c([N+]#[C-])c1[N+]#[C-]. The molecule has 15 heavy (non-hydrogen) atoms. The van der Waals surface area contributed by atoms with Crippen LogP contribution in [0.2, 0.25) is 0 Å². The van der Waals surface area contributed by atoms with Crippen molar-refractivity contribution in [3.05, 3.63) is 45.6 Å². The maximum absolute atomic E-state index is 8.89. The van der Waals surface area contributed by atoms with Gasteiger partial charge in [0.1, 0.15) is 0 Å². The summed E-state index contributed by atoms with van der Waals surface area (Å²) in [4.78, 5) is 6.14. The molecule has 0 aliphatic carbocycles. The van der Waals surface area contributed by atoms with Crippen molar-refractivity contribution in [1.29, 1.82) is 10.5 Å². The molecule has 1 aromatic carbocycles. The van der Waals surface area contributed by atoms with Gasteiger partial charge in [-0.25, -0.2) is 4.85 Å². The van der Waals surface area contributed by atoms with Gasteiger partial charge in [0, 0.05) is 1.37 Å². The molecule has 0 radical (unpaired) electrons. The van der Waals surface area contributed by atoms with Crippen LogP contribution in [0.15, 0.2) is 6.04 Å². The summed E-state index contributed by atoms with van der Waals surface area (Å²) in [7, 11) is 0. The Kier molecular flexibility index (Phi) is 2.29. The molecule has 0 spiro atoms. The van der Waals surface area contributed by atoms with Gasteiger partial charge in [0.15, 0.2) is 5.69 Å². The number of nitrogens with zero attached hydrogens (tertiary/aromatic N) is 4. The number of benzene rings is 1. The highest BCUT2D eigenvalue weighted by Gasteiger charge is 2.15. The average molecular weight is 193 g/mol. The predicted molar refractivity (Wildman–Crippen MR) is 53.1 cm³/mol. The predicted octanol–water partition coefficient (Wildman–Crippen LogP) is 2.84. The molecular formula is C11H4N4. The van der Waals surface area contributed by atoms with Gasteiger partial charge in [-0.05, 0) is 12.5 Å². The standard InChI is InChI=1S/C11H4N4/c1-7-4-10(14-2)11(15-3)9(6-13)8(7)5-12/h4H,1H3/i4D. The summed E-state index contributed by atoms with van der Waals surface area (Å²) >= 11 is 0. The zero-order chi connectivity index (χ0) is 12.3. The van der Waals surface area contributed by atoms with Crippen LogP contribution in [0.1, 0.15) is 18.1 Å². The van der Waals surface area contributed by atoms with Crippen LogP contribution in [-0.4, -0.2) is 0 Å². The van der Waals surface area contributed by atoms with Crippen molar-refractivity contribution >= 4 is 11.4 Å². The number of hydrogen-bond acceptors (Lipinski definition) is 2. The number of hydrogen-bond donors (Lipinski definition) is 0. The Morgan fingerprint density at radius 1 is 1.27 bits per heavy atom. The van der Waals surface area contributed by atoms with Crippen LogP contribution in [0.4, 0.5) is 11.4 Å². The molecule has 0 atom stereocenters. The van der Waals surface area contributed by atoms with E-state index < -0.39 is 0 Å². The van der Waals surface area contributed by atoms with Gasteiger partial charge in [0.25, 0.3) is 0 Å². The molecular weight excluding hydrogens is 188 g/mol. The second-order valence-electron chi connectivity index (χ2n) is 2.64. The van der Waals surface area contributed by atoms with Crippen LogP contribution >= 0.6 is 0 Å². The molecule has 0 N–H and O–H groups in total. The Morgan fingerprint density at radius 2 is 1.87 bits per heavy atom. The third kappa shape index (κ3) is 1.49. The van der Waals surface area contributed by atoms with E-state index in [0.29, 0.717) is 0 Å². The largest absolute Gasteiger partial charge is 0.250 e. The molecule has 0 aliphatic heterocycles. The van der Waals surface area contributed by atoms with Crippen molar-refractivity contribution in [3.8, 4) is 12.1 Å². The second-order valence-corrected chi connectivity index (χ2v) is 2.64. The highest BCUT2D eigenvalue weighted by atomic mass is 14.8. The lowest BCUT2D eigenvalue weighted by Crippen LogP contribution is -1.88. The van der Waals surface area contributed by atoms with Gasteiger partial charge >= 0.3 is 0 Å². The van der Waals surface area contributed by atoms with Gasteiger partial charge in [0.2, 0.25) is 5.69 Å². The Labute approximate surface area is 88.7 Å². The van der Waals surface area contributed by atoms with Crippen LogP contribution < -0.4 is 0 Å². The Morgan fingerprint density at radius 3 is 2.27 bits per heavy atom. The smallest absolute Gasteiger partial charge is 0.213 e. The molecule has 1 rings (SSSR count). The maximum Gasteiger partial charge on any atom is 0.213 e. The minimum absolute atomic E-state index is 0.00546. The van der Waals surface area contributed by atoms with E-state index in [1.807, 2.05) is 0 Å². The molecule has 1 aromatic rings. The molecule has 4 heteroatoms. The molecule has 0 bridgehead atoms. The average Bonchev–Trinajstić information content (AvgIpc) is 2.31. The first kappa shape index (κ1) is 8.76. The molecule has 0 saturated carbocycles. The first-order chi connectivity index (χ1) is 7.62. The highest BCUT2D eigenvalue weighted by Crippen LogP contribution is 2.35. The van der Waals surface area contributed by atoms with Crippen LogP contribution in [-0.2, 0) is 0 Å². The molecule has 0 unspecified atom stereocenters. The molecule has 0 fully saturated rings. The quantitative estimate of drug-likeness (QED) is 0.595. The molecule has 4 nitrogen and oxygen atoms in total. The second kappa shape index (κ2) is 3.93. The van der Waals surface area contributed by atoms with E-state index in [-0.39, 0.29) is 34.1 Å². The van der Waals surface area contributed by atoms with E-state index in [2.05, 4.69) is 9.69 Å². The zero-order valence-corrected chi connectivity index (χ0v) is 7.79. The monoisotopic (exact) mass is 193 g/mol. The van der Waals surface area contributed by atoms with E-state index in [0.717, 1.165) is 0 Å². The van der Waals surface area contributed by atoms with Crippen LogP contribution in [0, 0.1) is 42.7 Å². The van der Waals surface area contributed by atoms with Gasteiger partial charge in [-0.2, -0.15) is 10.5 Å². The minimum atomic E-state index is -0.204. The molecule has 0 aromatic heterocycles. The summed E-state index contributed by atoms with van der Waals surface area (Å²) in [6.45, 7) is 15.3. The zero-order valence-electron chi connectivity index (χ0n) is 8.79. The van der Waals surface area contributed by atoms with Crippen LogP contribution in [0.5, 0.6) is 0 Å². The fourth-order valence-corrected chi connectivity index (χ4v) is 1.16. The van der Waals surface area contributed by atoms with Crippen LogP contribution in [0.3, 0.4) is 0 Å². The first-order valence-electron chi connectivity index (χ1n) is 4.34. The lowest BCUT2D eigenvalue weighted by atomic mass is 10.0. The Hall–Kier alpha value is -2.82. The Bertz CT molecular complexity index is 576. The Balaban J connectivity index is 3.99. The van der Waals surface area contributed by atoms with E-state index in [4.69, 9.17) is 25.0 Å². The first-order valence-corrected chi connectivity index (χ1v) is 3.84. The summed E-state index contributed by atoms with van der Waals surface area (Å²) < 4.78 is 7.64. The van der Waals surface area contributed by atoms with Crippen molar-refractivity contribution in [2.75, 3.05) is 0 Å². The molecule has 0 saturated heterocycles. The van der Waals surface area contributed by atoms with Crippen LogP contribution in [0.25, 0.3) is 9.69 Å². The van der Waals surface area contributed by atoms with Gasteiger partial charge in [0.05, 0.1) is 36.4 Å². The number of nitriles is 2. The van der Waals surface area contributed by atoms with Crippen molar-refractivity contribution in [2.24, 2.45) is 0 Å². The summed E-state index contributed by atoms with van der Waals surface area (Å²) in [5.41, 5.74) is -0.215. The van der Waals surface area contributed by atoms with Gasteiger partial charge in [-0.3, -0.25) is 4.85 Å². The van der Waals surface area contributed by atoms with E-state index in [1.165, 1.54) is 6.92 Å². The minimum Gasteiger partial charge on any atom is -0.250 e. The van der Waals surface area contributed by atoms with Crippen molar-refractivity contribution in [1.82, 2.24) is 0 Å². The van der Waals surface area contributed by atoms with E-state index >= 15 is 0 Å². The summed E-state index contributed by atoms with van der Waals surface area (Å²) in [5.74, 6) is 0. The fourth-order valence-electron chi connectivity index (χ4n) is 1.16. The summed E-state index contributed by atoms with van der Waals surface area (Å²) in [5, 5.41) is 17.8. The molecule has 0 amide bonds. The van der Waals surface area contributed by atoms with E-state index in [1.54, 1.807) is 12.1 Å². The highest BCUT2D eigenvalue weighted by molar-refractivity contribution is 5.81. The lowest BCUT2D eigenvalue weighted by molar-refractivity contribution is 1.37. The maximum atomic E-state index is 8.89. The molecule has 0 aliphatic rings. The van der Waals surface area contributed by atoms with Crippen molar-refractivity contribution in [2.45, 2.75) is 6.92 Å². The number of rotatable bonds is 0. The third-order valence-electron chi connectivity index (χ3n) is 1.84. The van der Waals surface area contributed by atoms with E-state index in [9.17, 15) is 0 Å². The lowest BCUT2D eigenvalue weighted by Gasteiger charge is -2.03.